The summed E-state index contributed by atoms with van der Waals surface area (Å²) in [5.41, 5.74) is -0.753. The average Bonchev–Trinajstić information content (AvgIpc) is 3.25. The molecule has 2 aromatic carbocycles. The van der Waals surface area contributed by atoms with Gasteiger partial charge >= 0.3 is 6.18 Å². The Hall–Kier alpha value is -3.45. The number of carbonyl (C=O) groups is 1. The van der Waals surface area contributed by atoms with Gasteiger partial charge in [-0.3, -0.25) is 9.78 Å². The molecule has 1 aliphatic rings. The van der Waals surface area contributed by atoms with Crippen LogP contribution in [0, 0.1) is 17.6 Å². The second-order valence-electron chi connectivity index (χ2n) is 8.74. The van der Waals surface area contributed by atoms with Gasteiger partial charge in [-0.25, -0.2) is 22.2 Å². The molecule has 0 saturated carbocycles. The molecule has 1 aromatic heterocycles. The highest BCUT2D eigenvalue weighted by Crippen LogP contribution is 2.30. The van der Waals surface area contributed by atoms with Crippen molar-refractivity contribution < 1.29 is 35.2 Å². The average molecular weight is 541 g/mol. The molecule has 37 heavy (non-hydrogen) atoms. The minimum atomic E-state index is -4.67. The molecular weight excluding hydrogens is 519 g/mol. The first-order valence-corrected chi connectivity index (χ1v) is 12.5. The van der Waals surface area contributed by atoms with Crippen molar-refractivity contribution in [1.82, 2.24) is 19.6 Å². The lowest BCUT2D eigenvalue weighted by atomic mass is 10.1. The van der Waals surface area contributed by atoms with Gasteiger partial charge in [0.05, 0.1) is 23.0 Å². The Morgan fingerprint density at radius 2 is 1.76 bits per heavy atom. The summed E-state index contributed by atoms with van der Waals surface area (Å²) in [7, 11) is -4.08. The van der Waals surface area contributed by atoms with Crippen LogP contribution in [0.15, 0.2) is 59.8 Å². The van der Waals surface area contributed by atoms with Gasteiger partial charge in [-0.1, -0.05) is 6.92 Å². The van der Waals surface area contributed by atoms with Gasteiger partial charge in [0.2, 0.25) is 15.9 Å². The molecule has 0 bridgehead atoms. The molecule has 1 aliphatic heterocycles. The molecule has 1 saturated heterocycles. The fourth-order valence-electron chi connectivity index (χ4n) is 4.08. The molecule has 1 N–H and O–H groups in total. The third kappa shape index (κ3) is 5.93. The van der Waals surface area contributed by atoms with Crippen molar-refractivity contribution in [2.75, 3.05) is 6.54 Å². The normalized spacial score (nSPS) is 18.6. The molecule has 3 aromatic rings. The lowest BCUT2D eigenvalue weighted by Crippen LogP contribution is -2.45. The number of amides is 1. The van der Waals surface area contributed by atoms with E-state index >= 15 is 0 Å². The molecule has 196 valence electrons. The second kappa shape index (κ2) is 10.1. The molecule has 0 spiro atoms. The van der Waals surface area contributed by atoms with Gasteiger partial charge in [-0.05, 0) is 60.4 Å². The summed E-state index contributed by atoms with van der Waals surface area (Å²) in [6, 6.07) is 6.89. The minimum Gasteiger partial charge on any atom is -0.351 e. The van der Waals surface area contributed by atoms with Gasteiger partial charge < -0.3 is 5.32 Å². The van der Waals surface area contributed by atoms with Gasteiger partial charge in [0.25, 0.3) is 0 Å². The van der Waals surface area contributed by atoms with Gasteiger partial charge in [0.15, 0.2) is 5.69 Å². The maximum Gasteiger partial charge on any atom is 0.434 e. The van der Waals surface area contributed by atoms with E-state index in [2.05, 4.69) is 15.3 Å². The quantitative estimate of drug-likeness (QED) is 0.475. The predicted octanol–water partition coefficient (Wildman–Crippen LogP) is 4.16. The predicted molar refractivity (Wildman–Crippen MR) is 122 cm³/mol. The van der Waals surface area contributed by atoms with Gasteiger partial charge in [-0.2, -0.15) is 17.5 Å². The number of nitrogens with one attached hydrogen (secondary N) is 1. The Kier molecular flexibility index (Phi) is 7.29. The summed E-state index contributed by atoms with van der Waals surface area (Å²) in [4.78, 5) is 19.9. The Bertz CT molecular complexity index is 1400. The molecule has 2 heterocycles. The van der Waals surface area contributed by atoms with Crippen LogP contribution in [0.1, 0.15) is 24.6 Å². The molecule has 1 fully saturated rings. The van der Waals surface area contributed by atoms with E-state index in [4.69, 9.17) is 0 Å². The summed E-state index contributed by atoms with van der Waals surface area (Å²) in [6.45, 7) is 1.71. The number of halogens is 5. The van der Waals surface area contributed by atoms with E-state index in [0.717, 1.165) is 46.9 Å². The van der Waals surface area contributed by atoms with Crippen LogP contribution in [0.4, 0.5) is 22.0 Å². The molecule has 0 aliphatic carbocycles. The minimum absolute atomic E-state index is 0.00117. The number of aromatic nitrogens is 2. The van der Waals surface area contributed by atoms with E-state index in [0.29, 0.717) is 6.20 Å². The van der Waals surface area contributed by atoms with Crippen LogP contribution in [0.2, 0.25) is 0 Å². The van der Waals surface area contributed by atoms with Crippen molar-refractivity contribution in [2.45, 2.75) is 37.0 Å². The van der Waals surface area contributed by atoms with Crippen LogP contribution < -0.4 is 5.32 Å². The number of rotatable bonds is 6. The van der Waals surface area contributed by atoms with Crippen LogP contribution in [-0.4, -0.2) is 41.2 Å². The maximum absolute atomic E-state index is 14.2. The van der Waals surface area contributed by atoms with Gasteiger partial charge in [0.1, 0.15) is 17.7 Å². The van der Waals surface area contributed by atoms with Crippen molar-refractivity contribution in [1.29, 1.82) is 0 Å². The lowest BCUT2D eigenvalue weighted by Gasteiger charge is -2.23. The molecule has 1 amide bonds. The topological polar surface area (TPSA) is 92.3 Å². The SMILES string of the molecule is CC1CC(C(=O)NCc2cc(F)cc(-c3cnc(C(F)(F)F)cn3)c2)N(S(=O)(=O)c2ccc(F)cc2)C1. The molecule has 4 rings (SSSR count). The highest BCUT2D eigenvalue weighted by atomic mass is 32.2. The Morgan fingerprint density at radius 3 is 2.38 bits per heavy atom. The smallest absolute Gasteiger partial charge is 0.351 e. The summed E-state index contributed by atoms with van der Waals surface area (Å²) >= 11 is 0. The molecule has 13 heteroatoms. The summed E-state index contributed by atoms with van der Waals surface area (Å²) < 4.78 is 93.0. The van der Waals surface area contributed by atoms with Gasteiger partial charge in [-0.15, -0.1) is 0 Å². The fourth-order valence-corrected chi connectivity index (χ4v) is 5.80. The largest absolute Gasteiger partial charge is 0.434 e. The third-order valence-electron chi connectivity index (χ3n) is 5.85. The Labute approximate surface area is 209 Å². The number of alkyl halides is 3. The first kappa shape index (κ1) is 26.6. The molecule has 2 unspecified atom stereocenters. The summed E-state index contributed by atoms with van der Waals surface area (Å²) in [6.07, 6.45) is -3.00. The van der Waals surface area contributed by atoms with Crippen molar-refractivity contribution in [3.63, 3.8) is 0 Å². The molecular formula is C24H21F5N4O3S. The van der Waals surface area contributed by atoms with E-state index in [-0.39, 0.29) is 47.1 Å². The van der Waals surface area contributed by atoms with E-state index < -0.39 is 45.5 Å². The Balaban J connectivity index is 1.50. The van der Waals surface area contributed by atoms with E-state index in [9.17, 15) is 35.2 Å². The summed E-state index contributed by atoms with van der Waals surface area (Å²) in [5.74, 6) is -2.03. The molecule has 2 atom stereocenters. The number of carbonyl (C=O) groups excluding carboxylic acids is 1. The second-order valence-corrected chi connectivity index (χ2v) is 10.6. The zero-order valence-corrected chi connectivity index (χ0v) is 20.2. The van der Waals surface area contributed by atoms with Crippen molar-refractivity contribution in [2.24, 2.45) is 5.92 Å². The standard InChI is InChI=1S/C24H21F5N4O3S/c1-14-6-21(33(13-14)37(35,36)19-4-2-17(25)3-5-19)23(34)32-10-15-7-16(9-18(26)8-15)20-11-31-22(12-30-20)24(27,28)29/h2-5,7-9,11-12,14,21H,6,10,13H2,1H3,(H,32,34). The van der Waals surface area contributed by atoms with Crippen molar-refractivity contribution in [3.05, 3.63) is 77.8 Å². The van der Waals surface area contributed by atoms with Crippen LogP contribution in [0.5, 0.6) is 0 Å². The van der Waals surface area contributed by atoms with Crippen LogP contribution in [0.3, 0.4) is 0 Å². The molecule has 0 radical (unpaired) electrons. The van der Waals surface area contributed by atoms with Crippen LogP contribution in [0.25, 0.3) is 11.3 Å². The lowest BCUT2D eigenvalue weighted by molar-refractivity contribution is -0.141. The number of sulfonamides is 1. The zero-order chi connectivity index (χ0) is 27.0. The Morgan fingerprint density at radius 1 is 1.05 bits per heavy atom. The van der Waals surface area contributed by atoms with E-state index in [1.807, 2.05) is 0 Å². The fraction of sp³-hybridized carbons (Fsp3) is 0.292. The van der Waals surface area contributed by atoms with Crippen LogP contribution >= 0.6 is 0 Å². The highest BCUT2D eigenvalue weighted by Gasteiger charge is 2.42. The number of benzene rings is 2. The zero-order valence-electron chi connectivity index (χ0n) is 19.3. The summed E-state index contributed by atoms with van der Waals surface area (Å²) in [5, 5.41) is 2.60. The highest BCUT2D eigenvalue weighted by molar-refractivity contribution is 7.89. The molecule has 7 nitrogen and oxygen atoms in total. The van der Waals surface area contributed by atoms with Crippen molar-refractivity contribution in [3.8, 4) is 11.3 Å². The number of hydrogen-bond acceptors (Lipinski definition) is 5. The monoisotopic (exact) mass is 540 g/mol. The van der Waals surface area contributed by atoms with Crippen LogP contribution in [-0.2, 0) is 27.5 Å². The maximum atomic E-state index is 14.2. The number of hydrogen-bond donors (Lipinski definition) is 1. The number of nitrogens with zero attached hydrogens (tertiary/aromatic N) is 3. The van der Waals surface area contributed by atoms with E-state index in [1.54, 1.807) is 6.92 Å². The third-order valence-corrected chi connectivity index (χ3v) is 7.74. The van der Waals surface area contributed by atoms with E-state index in [1.165, 1.54) is 6.07 Å². The van der Waals surface area contributed by atoms with Gasteiger partial charge in [0, 0.05) is 18.7 Å². The van der Waals surface area contributed by atoms with Crippen molar-refractivity contribution >= 4 is 15.9 Å². The first-order valence-electron chi connectivity index (χ1n) is 11.1. The first-order chi connectivity index (χ1) is 17.3.